The summed E-state index contributed by atoms with van der Waals surface area (Å²) in [5, 5.41) is 16.5. The molecule has 0 aromatic heterocycles. The molecule has 2 N–H and O–H groups in total. The van der Waals surface area contributed by atoms with Gasteiger partial charge >= 0.3 is 17.9 Å². The fourth-order valence-corrected chi connectivity index (χ4v) is 2.41. The Morgan fingerprint density at radius 3 is 2.27 bits per heavy atom. The van der Waals surface area contributed by atoms with Crippen molar-refractivity contribution in [1.82, 2.24) is 5.39 Å². The zero-order valence-electron chi connectivity index (χ0n) is 16.1. The van der Waals surface area contributed by atoms with Crippen LogP contribution < -0.4 is 4.74 Å². The lowest BCUT2D eigenvalue weighted by molar-refractivity contribution is -0.492. The molecule has 2 rings (SSSR count). The Labute approximate surface area is 172 Å². The van der Waals surface area contributed by atoms with Crippen LogP contribution in [0.3, 0.4) is 0 Å². The maximum Gasteiger partial charge on any atom is 0.344 e. The molecule has 0 saturated heterocycles. The summed E-state index contributed by atoms with van der Waals surface area (Å²) in [6.45, 7) is 0.716. The first-order valence-corrected chi connectivity index (χ1v) is 8.88. The molecule has 0 unspecified atom stereocenters. The van der Waals surface area contributed by atoms with E-state index in [4.69, 9.17) is 24.6 Å². The van der Waals surface area contributed by atoms with Gasteiger partial charge in [0, 0.05) is 6.92 Å². The van der Waals surface area contributed by atoms with Crippen molar-refractivity contribution < 1.29 is 43.8 Å². The molecule has 0 amide bonds. The van der Waals surface area contributed by atoms with E-state index in [0.29, 0.717) is 12.8 Å². The van der Waals surface area contributed by atoms with E-state index >= 15 is 0 Å². The standard InChI is InChI=1S/C20H21NO9/c1-14(22)30-18-7-3-2-6-17(18)20(24)28-13-27-19(23)16-10-8-15(9-11-16)5-4-12-29-21(25)26/h2-3,6-11,25-26H,4-5,12-13H2,1H3. The van der Waals surface area contributed by atoms with Gasteiger partial charge in [-0.15, -0.1) is 0 Å². The summed E-state index contributed by atoms with van der Waals surface area (Å²) in [5.41, 5.74) is 1.21. The summed E-state index contributed by atoms with van der Waals surface area (Å²) in [6, 6.07) is 12.6. The van der Waals surface area contributed by atoms with E-state index in [0.717, 1.165) is 5.56 Å². The summed E-state index contributed by atoms with van der Waals surface area (Å²) in [4.78, 5) is 39.7. The van der Waals surface area contributed by atoms with Gasteiger partial charge in [-0.1, -0.05) is 24.3 Å². The molecule has 2 aromatic rings. The molecular formula is C20H21NO9. The van der Waals surface area contributed by atoms with Crippen LogP contribution in [0, 0.1) is 0 Å². The first-order valence-electron chi connectivity index (χ1n) is 8.88. The number of para-hydroxylation sites is 1. The lowest BCUT2D eigenvalue weighted by Gasteiger charge is -2.10. The fraction of sp³-hybridized carbons (Fsp3) is 0.250. The number of aryl methyl sites for hydroxylation is 1. The third-order valence-corrected chi connectivity index (χ3v) is 3.75. The predicted octanol–water partition coefficient (Wildman–Crippen LogP) is 2.53. The normalized spacial score (nSPS) is 10.5. The Hall–Kier alpha value is -3.31. The summed E-state index contributed by atoms with van der Waals surface area (Å²) >= 11 is 0. The molecule has 2 aromatic carbocycles. The van der Waals surface area contributed by atoms with Crippen molar-refractivity contribution in [3.63, 3.8) is 0 Å². The minimum Gasteiger partial charge on any atom is -0.426 e. The van der Waals surface area contributed by atoms with Gasteiger partial charge in [0.1, 0.15) is 11.3 Å². The van der Waals surface area contributed by atoms with Crippen LogP contribution >= 0.6 is 0 Å². The molecule has 30 heavy (non-hydrogen) atoms. The van der Waals surface area contributed by atoms with Gasteiger partial charge in [-0.3, -0.25) is 20.0 Å². The van der Waals surface area contributed by atoms with Gasteiger partial charge in [0.15, 0.2) is 0 Å². The Kier molecular flexibility index (Phi) is 8.91. The molecule has 0 spiro atoms. The third-order valence-electron chi connectivity index (χ3n) is 3.75. The van der Waals surface area contributed by atoms with Crippen LogP contribution in [0.5, 0.6) is 5.75 Å². The van der Waals surface area contributed by atoms with Crippen molar-refractivity contribution in [2.75, 3.05) is 13.4 Å². The molecule has 0 radical (unpaired) electrons. The van der Waals surface area contributed by atoms with E-state index in [-0.39, 0.29) is 28.9 Å². The minimum absolute atomic E-state index is 0.0302. The minimum atomic E-state index is -0.804. The fourth-order valence-electron chi connectivity index (χ4n) is 2.41. The highest BCUT2D eigenvalue weighted by Gasteiger charge is 2.16. The molecule has 10 nitrogen and oxygen atoms in total. The SMILES string of the molecule is CC(=O)Oc1ccccc1C(=O)OCOC(=O)c1ccc(CCCON(O)O)cc1. The Balaban J connectivity index is 1.80. The van der Waals surface area contributed by atoms with E-state index in [1.54, 1.807) is 36.4 Å². The molecule has 10 heteroatoms. The lowest BCUT2D eigenvalue weighted by atomic mass is 10.1. The van der Waals surface area contributed by atoms with Crippen molar-refractivity contribution in [3.05, 3.63) is 65.2 Å². The lowest BCUT2D eigenvalue weighted by Crippen LogP contribution is -2.15. The smallest absolute Gasteiger partial charge is 0.344 e. The Bertz CT molecular complexity index is 865. The second kappa shape index (κ2) is 11.6. The number of carbonyl (C=O) groups excluding carboxylic acids is 3. The van der Waals surface area contributed by atoms with Crippen LogP contribution in [0.4, 0.5) is 0 Å². The van der Waals surface area contributed by atoms with Gasteiger partial charge in [0.2, 0.25) is 6.79 Å². The average Bonchev–Trinajstić information content (AvgIpc) is 2.71. The topological polar surface area (TPSA) is 132 Å². The highest BCUT2D eigenvalue weighted by molar-refractivity contribution is 5.93. The Morgan fingerprint density at radius 1 is 0.933 bits per heavy atom. The highest BCUT2D eigenvalue weighted by Crippen LogP contribution is 2.19. The second-order valence-corrected chi connectivity index (χ2v) is 5.96. The van der Waals surface area contributed by atoms with Gasteiger partial charge < -0.3 is 14.2 Å². The van der Waals surface area contributed by atoms with E-state index in [1.165, 1.54) is 19.1 Å². The summed E-state index contributed by atoms with van der Waals surface area (Å²) in [7, 11) is 0. The number of benzene rings is 2. The first kappa shape index (κ1) is 23.0. The molecule has 0 fully saturated rings. The molecule has 0 aliphatic heterocycles. The summed E-state index contributed by atoms with van der Waals surface area (Å²) < 4.78 is 14.8. The van der Waals surface area contributed by atoms with E-state index in [2.05, 4.69) is 4.84 Å². The molecule has 0 heterocycles. The summed E-state index contributed by atoms with van der Waals surface area (Å²) in [6.07, 6.45) is 1.13. The molecule has 0 saturated carbocycles. The molecule has 0 bridgehead atoms. The largest absolute Gasteiger partial charge is 0.426 e. The number of hydrogen-bond acceptors (Lipinski definition) is 10. The van der Waals surface area contributed by atoms with Gasteiger partial charge in [-0.25, -0.2) is 9.59 Å². The molecule has 0 aliphatic rings. The number of rotatable bonds is 10. The second-order valence-electron chi connectivity index (χ2n) is 5.96. The van der Waals surface area contributed by atoms with Crippen LogP contribution in [0.1, 0.15) is 39.6 Å². The first-order chi connectivity index (χ1) is 14.4. The van der Waals surface area contributed by atoms with Crippen LogP contribution in [-0.4, -0.2) is 47.1 Å². The van der Waals surface area contributed by atoms with Crippen molar-refractivity contribution in [2.24, 2.45) is 0 Å². The quantitative estimate of drug-likeness (QED) is 0.195. The van der Waals surface area contributed by atoms with Gasteiger partial charge in [-0.05, 0) is 42.7 Å². The van der Waals surface area contributed by atoms with Gasteiger partial charge in [-0.2, -0.15) is 0 Å². The monoisotopic (exact) mass is 419 g/mol. The molecular weight excluding hydrogens is 398 g/mol. The van der Waals surface area contributed by atoms with Crippen LogP contribution in [0.2, 0.25) is 0 Å². The highest BCUT2D eigenvalue weighted by atomic mass is 17.1. The average molecular weight is 419 g/mol. The predicted molar refractivity (Wildman–Crippen MR) is 99.6 cm³/mol. The van der Waals surface area contributed by atoms with Crippen molar-refractivity contribution in [2.45, 2.75) is 19.8 Å². The molecule has 160 valence electrons. The van der Waals surface area contributed by atoms with E-state index < -0.39 is 24.7 Å². The zero-order chi connectivity index (χ0) is 21.9. The third kappa shape index (κ3) is 7.60. The van der Waals surface area contributed by atoms with Crippen molar-refractivity contribution in [3.8, 4) is 5.75 Å². The van der Waals surface area contributed by atoms with Crippen LogP contribution in [-0.2, 0) is 25.5 Å². The maximum atomic E-state index is 12.1. The van der Waals surface area contributed by atoms with Crippen molar-refractivity contribution in [1.29, 1.82) is 0 Å². The molecule has 0 aliphatic carbocycles. The number of ether oxygens (including phenoxy) is 3. The number of hydrogen-bond donors (Lipinski definition) is 2. The van der Waals surface area contributed by atoms with E-state index in [1.807, 2.05) is 0 Å². The van der Waals surface area contributed by atoms with Crippen molar-refractivity contribution >= 4 is 17.9 Å². The van der Waals surface area contributed by atoms with Gasteiger partial charge in [0.05, 0.1) is 17.6 Å². The van der Waals surface area contributed by atoms with Crippen LogP contribution in [0.25, 0.3) is 0 Å². The van der Waals surface area contributed by atoms with Crippen LogP contribution in [0.15, 0.2) is 48.5 Å². The van der Waals surface area contributed by atoms with Gasteiger partial charge in [0.25, 0.3) is 0 Å². The number of carbonyl (C=O) groups is 3. The zero-order valence-corrected chi connectivity index (χ0v) is 16.1. The maximum absolute atomic E-state index is 12.1. The number of esters is 3. The Morgan fingerprint density at radius 2 is 1.60 bits per heavy atom. The summed E-state index contributed by atoms with van der Waals surface area (Å²) in [5.74, 6) is -2.02. The molecule has 0 atom stereocenters. The van der Waals surface area contributed by atoms with E-state index in [9.17, 15) is 14.4 Å². The number of nitrogens with zero attached hydrogens (tertiary/aromatic N) is 1.